The number of ether oxygens (including phenoxy) is 1. The molecule has 0 aliphatic rings. The van der Waals surface area contributed by atoms with E-state index >= 15 is 0 Å². The number of aromatic amines is 2. The minimum atomic E-state index is -0.359. The van der Waals surface area contributed by atoms with Crippen LogP contribution in [0.1, 0.15) is 39.8 Å². The van der Waals surface area contributed by atoms with Gasteiger partial charge in [0.1, 0.15) is 17.1 Å². The van der Waals surface area contributed by atoms with Crippen molar-refractivity contribution in [1.29, 1.82) is 0 Å². The smallest absolute Gasteiger partial charge is 0.325 e. The van der Waals surface area contributed by atoms with Gasteiger partial charge in [-0.05, 0) is 30.7 Å². The predicted octanol–water partition coefficient (Wildman–Crippen LogP) is 4.59. The van der Waals surface area contributed by atoms with Crippen LogP contribution in [0, 0.1) is 0 Å². The molecule has 0 bridgehead atoms. The molecule has 0 aliphatic carbocycles. The highest BCUT2D eigenvalue weighted by atomic mass is 16.5. The highest BCUT2D eigenvalue weighted by Crippen LogP contribution is 2.27. The summed E-state index contributed by atoms with van der Waals surface area (Å²) >= 11 is 0. The van der Waals surface area contributed by atoms with E-state index in [1.54, 1.807) is 36.5 Å². The van der Waals surface area contributed by atoms with Gasteiger partial charge in [-0.1, -0.05) is 27.7 Å². The molecule has 2 amide bonds. The van der Waals surface area contributed by atoms with E-state index in [0.717, 1.165) is 12.1 Å². The van der Waals surface area contributed by atoms with Gasteiger partial charge < -0.3 is 15.0 Å². The second kappa shape index (κ2) is 8.81. The molecule has 1 aromatic carbocycles. The van der Waals surface area contributed by atoms with Gasteiger partial charge in [0.2, 0.25) is 0 Å². The Hall–Kier alpha value is -4.08. The number of imidazole rings is 1. The third-order valence-corrected chi connectivity index (χ3v) is 4.95. The lowest BCUT2D eigenvalue weighted by atomic mass is 9.92. The lowest BCUT2D eigenvalue weighted by Gasteiger charge is -2.13. The lowest BCUT2D eigenvalue weighted by molar-refractivity contribution is 0.262. The van der Waals surface area contributed by atoms with E-state index in [9.17, 15) is 9.59 Å². The van der Waals surface area contributed by atoms with Crippen molar-refractivity contribution in [3.8, 4) is 11.5 Å². The Kier molecular flexibility index (Phi) is 5.91. The average Bonchev–Trinajstić information content (AvgIpc) is 3.33. The van der Waals surface area contributed by atoms with Crippen LogP contribution in [0.25, 0.3) is 11.2 Å². The molecular formula is C23H27N7O3. The van der Waals surface area contributed by atoms with Gasteiger partial charge >= 0.3 is 11.7 Å². The molecule has 33 heavy (non-hydrogen) atoms. The van der Waals surface area contributed by atoms with Gasteiger partial charge in [-0.2, -0.15) is 5.10 Å². The Balaban J connectivity index is 1.43. The number of aryl methyl sites for hydroxylation is 1. The molecule has 0 aliphatic heterocycles. The molecule has 10 heteroatoms. The van der Waals surface area contributed by atoms with Gasteiger partial charge in [0, 0.05) is 36.0 Å². The van der Waals surface area contributed by atoms with Gasteiger partial charge in [0.05, 0.1) is 5.69 Å². The topological polar surface area (TPSA) is 130 Å². The summed E-state index contributed by atoms with van der Waals surface area (Å²) in [4.78, 5) is 33.5. The predicted molar refractivity (Wildman–Crippen MR) is 127 cm³/mol. The van der Waals surface area contributed by atoms with E-state index < -0.39 is 0 Å². The zero-order chi connectivity index (χ0) is 23.6. The summed E-state index contributed by atoms with van der Waals surface area (Å²) in [5.41, 5.74) is 1.96. The molecular weight excluding hydrogens is 422 g/mol. The summed E-state index contributed by atoms with van der Waals surface area (Å²) in [7, 11) is 0. The molecule has 0 fully saturated rings. The number of pyridine rings is 1. The van der Waals surface area contributed by atoms with Crippen molar-refractivity contribution in [3.05, 3.63) is 58.8 Å². The number of fused-ring (bicyclic) bond motifs is 1. The standard InChI is InChI=1S/C23H27N7O3/c1-5-12-30-18(13-17(29-30)23(2,3)4)26-21(31)25-14-6-8-15(9-7-14)33-16-10-11-24-20-19(16)27-22(32)28-20/h6-11,13H,5,12H2,1-4H3,(H2,25,26,31)(H2,24,27,28,32). The third-order valence-electron chi connectivity index (χ3n) is 4.95. The molecule has 3 aromatic heterocycles. The van der Waals surface area contributed by atoms with Crippen molar-refractivity contribution in [2.45, 2.75) is 46.1 Å². The number of benzene rings is 1. The quantitative estimate of drug-likeness (QED) is 0.342. The Morgan fingerprint density at radius 3 is 2.58 bits per heavy atom. The first kappa shape index (κ1) is 22.1. The first-order chi connectivity index (χ1) is 15.7. The van der Waals surface area contributed by atoms with Crippen molar-refractivity contribution in [2.24, 2.45) is 0 Å². The number of H-pyrrole nitrogens is 2. The number of hydrogen-bond acceptors (Lipinski definition) is 5. The molecule has 0 saturated carbocycles. The maximum Gasteiger partial charge on any atom is 0.325 e. The fourth-order valence-electron chi connectivity index (χ4n) is 3.28. The zero-order valence-electron chi connectivity index (χ0n) is 19.0. The molecule has 172 valence electrons. The van der Waals surface area contributed by atoms with Crippen LogP contribution in [-0.2, 0) is 12.0 Å². The summed E-state index contributed by atoms with van der Waals surface area (Å²) < 4.78 is 7.69. The van der Waals surface area contributed by atoms with E-state index in [1.165, 1.54) is 0 Å². The van der Waals surface area contributed by atoms with Crippen molar-refractivity contribution >= 4 is 28.7 Å². The molecule has 0 atom stereocenters. The van der Waals surface area contributed by atoms with Crippen molar-refractivity contribution in [1.82, 2.24) is 24.7 Å². The van der Waals surface area contributed by atoms with Crippen LogP contribution in [0.15, 0.2) is 47.4 Å². The van der Waals surface area contributed by atoms with Gasteiger partial charge in [-0.3, -0.25) is 10.3 Å². The zero-order valence-corrected chi connectivity index (χ0v) is 19.0. The number of amides is 2. The Bertz CT molecular complexity index is 1330. The van der Waals surface area contributed by atoms with Crippen molar-refractivity contribution in [2.75, 3.05) is 10.6 Å². The molecule has 3 heterocycles. The highest BCUT2D eigenvalue weighted by molar-refractivity contribution is 5.99. The summed E-state index contributed by atoms with van der Waals surface area (Å²) in [6.45, 7) is 9.04. The van der Waals surface area contributed by atoms with Crippen LogP contribution in [0.3, 0.4) is 0 Å². The molecule has 0 unspecified atom stereocenters. The van der Waals surface area contributed by atoms with E-state index in [0.29, 0.717) is 40.7 Å². The summed E-state index contributed by atoms with van der Waals surface area (Å²) in [5.74, 6) is 1.67. The molecule has 4 aromatic rings. The molecule has 0 saturated heterocycles. The third kappa shape index (κ3) is 5.05. The number of anilines is 2. The molecule has 4 rings (SSSR count). The monoisotopic (exact) mass is 449 g/mol. The number of nitrogens with one attached hydrogen (secondary N) is 4. The summed E-state index contributed by atoms with van der Waals surface area (Å²) in [5, 5.41) is 10.3. The van der Waals surface area contributed by atoms with Gasteiger partial charge in [0.25, 0.3) is 0 Å². The molecule has 0 radical (unpaired) electrons. The molecule has 4 N–H and O–H groups in total. The maximum atomic E-state index is 12.6. The maximum absolute atomic E-state index is 12.6. The summed E-state index contributed by atoms with van der Waals surface area (Å²) in [6, 6.07) is 10.1. The first-order valence-corrected chi connectivity index (χ1v) is 10.7. The number of nitrogens with zero attached hydrogens (tertiary/aromatic N) is 3. The average molecular weight is 450 g/mol. The highest BCUT2D eigenvalue weighted by Gasteiger charge is 2.20. The number of aromatic nitrogens is 5. The fourth-order valence-corrected chi connectivity index (χ4v) is 3.28. The number of urea groups is 1. The van der Waals surface area contributed by atoms with Crippen molar-refractivity contribution in [3.63, 3.8) is 0 Å². The van der Waals surface area contributed by atoms with E-state index in [-0.39, 0.29) is 17.1 Å². The second-order valence-electron chi connectivity index (χ2n) is 8.71. The Morgan fingerprint density at radius 2 is 1.88 bits per heavy atom. The largest absolute Gasteiger partial charge is 0.455 e. The minimum absolute atomic E-state index is 0.116. The second-order valence-corrected chi connectivity index (χ2v) is 8.71. The number of carbonyl (C=O) groups excluding carboxylic acids is 1. The van der Waals surface area contributed by atoms with Crippen LogP contribution in [0.2, 0.25) is 0 Å². The first-order valence-electron chi connectivity index (χ1n) is 10.7. The van der Waals surface area contributed by atoms with Gasteiger partial charge in [-0.15, -0.1) is 0 Å². The van der Waals surface area contributed by atoms with Gasteiger partial charge in [-0.25, -0.2) is 19.3 Å². The van der Waals surface area contributed by atoms with E-state index in [1.807, 2.05) is 10.7 Å². The van der Waals surface area contributed by atoms with Crippen LogP contribution >= 0.6 is 0 Å². The number of hydrogen-bond donors (Lipinski definition) is 4. The normalized spacial score (nSPS) is 11.5. The van der Waals surface area contributed by atoms with Crippen molar-refractivity contribution < 1.29 is 9.53 Å². The van der Waals surface area contributed by atoms with Crippen LogP contribution in [0.4, 0.5) is 16.3 Å². The Morgan fingerprint density at radius 1 is 1.12 bits per heavy atom. The number of rotatable bonds is 6. The van der Waals surface area contributed by atoms with Gasteiger partial charge in [0.15, 0.2) is 11.4 Å². The Labute approximate surface area is 190 Å². The van der Waals surface area contributed by atoms with Crippen LogP contribution in [-0.4, -0.2) is 30.8 Å². The molecule has 10 nitrogen and oxygen atoms in total. The number of carbonyl (C=O) groups is 1. The summed E-state index contributed by atoms with van der Waals surface area (Å²) in [6.07, 6.45) is 2.46. The van der Waals surface area contributed by atoms with Crippen LogP contribution in [0.5, 0.6) is 11.5 Å². The lowest BCUT2D eigenvalue weighted by Crippen LogP contribution is -2.21. The van der Waals surface area contributed by atoms with Crippen LogP contribution < -0.4 is 21.1 Å². The minimum Gasteiger partial charge on any atom is -0.455 e. The SMILES string of the molecule is CCCn1nc(C(C)(C)C)cc1NC(=O)Nc1ccc(Oc2ccnc3[nH]c(=O)[nH]c23)cc1. The van der Waals surface area contributed by atoms with E-state index in [2.05, 4.69) is 58.4 Å². The van der Waals surface area contributed by atoms with E-state index in [4.69, 9.17) is 4.74 Å². The fraction of sp³-hybridized carbons (Fsp3) is 0.304. The molecule has 0 spiro atoms.